The summed E-state index contributed by atoms with van der Waals surface area (Å²) in [6, 6.07) is 8.94. The van der Waals surface area contributed by atoms with Gasteiger partial charge in [-0.05, 0) is 31.5 Å². The molecule has 2 aromatic rings. The minimum absolute atomic E-state index is 0.0318. The van der Waals surface area contributed by atoms with Gasteiger partial charge in [-0.1, -0.05) is 42.1 Å². The summed E-state index contributed by atoms with van der Waals surface area (Å²) in [7, 11) is 0. The zero-order valence-corrected chi connectivity index (χ0v) is 15.1. The number of amides is 3. The van der Waals surface area contributed by atoms with E-state index in [1.165, 1.54) is 12.8 Å². The van der Waals surface area contributed by atoms with E-state index in [0.717, 1.165) is 30.4 Å². The molecule has 0 unspecified atom stereocenters. The summed E-state index contributed by atoms with van der Waals surface area (Å²) in [5.41, 5.74) is 0.959. The summed E-state index contributed by atoms with van der Waals surface area (Å²) in [5.74, 6) is 0.166. The Morgan fingerprint density at radius 3 is 2.69 bits per heavy atom. The van der Waals surface area contributed by atoms with Crippen molar-refractivity contribution in [2.75, 3.05) is 18.8 Å². The van der Waals surface area contributed by atoms with Gasteiger partial charge in [-0.2, -0.15) is 0 Å². The molecule has 0 aliphatic carbocycles. The molecular formula is C17H21N5O3S. The highest BCUT2D eigenvalue weighted by atomic mass is 32.2. The van der Waals surface area contributed by atoms with Crippen LogP contribution in [-0.2, 0) is 17.9 Å². The lowest BCUT2D eigenvalue weighted by Gasteiger charge is -2.10. The highest BCUT2D eigenvalue weighted by Crippen LogP contribution is 2.18. The number of hydrogen-bond donors (Lipinski definition) is 2. The number of hydrogen-bond acceptors (Lipinski definition) is 7. The van der Waals surface area contributed by atoms with Crippen molar-refractivity contribution in [1.29, 1.82) is 0 Å². The van der Waals surface area contributed by atoms with Gasteiger partial charge < -0.3 is 9.73 Å². The van der Waals surface area contributed by atoms with E-state index < -0.39 is 11.9 Å². The van der Waals surface area contributed by atoms with Gasteiger partial charge in [0.25, 0.3) is 5.22 Å². The maximum atomic E-state index is 11.8. The van der Waals surface area contributed by atoms with Crippen molar-refractivity contribution in [1.82, 2.24) is 25.7 Å². The van der Waals surface area contributed by atoms with Gasteiger partial charge in [0.2, 0.25) is 11.8 Å². The molecule has 1 aliphatic rings. The van der Waals surface area contributed by atoms with Crippen LogP contribution >= 0.6 is 11.8 Å². The molecule has 0 saturated carbocycles. The number of carbonyl (C=O) groups excluding carboxylic acids is 2. The molecule has 0 radical (unpaired) electrons. The van der Waals surface area contributed by atoms with Crippen LogP contribution in [0.2, 0.25) is 0 Å². The van der Waals surface area contributed by atoms with E-state index in [0.29, 0.717) is 24.2 Å². The van der Waals surface area contributed by atoms with E-state index in [-0.39, 0.29) is 5.75 Å². The first kappa shape index (κ1) is 18.4. The molecule has 3 rings (SSSR count). The minimum atomic E-state index is -0.528. The molecule has 1 fully saturated rings. The quantitative estimate of drug-likeness (QED) is 0.712. The molecule has 1 aromatic carbocycles. The third-order valence-electron chi connectivity index (χ3n) is 3.88. The van der Waals surface area contributed by atoms with E-state index in [4.69, 9.17) is 4.42 Å². The Kier molecular flexibility index (Phi) is 6.62. The van der Waals surface area contributed by atoms with E-state index >= 15 is 0 Å². The highest BCUT2D eigenvalue weighted by Gasteiger charge is 2.16. The smallest absolute Gasteiger partial charge is 0.321 e. The molecule has 1 saturated heterocycles. The van der Waals surface area contributed by atoms with Crippen LogP contribution < -0.4 is 10.6 Å². The zero-order chi connectivity index (χ0) is 18.2. The predicted octanol–water partition coefficient (Wildman–Crippen LogP) is 1.78. The SMILES string of the molecule is O=C(CSc1nnc(CN2CCCC2)o1)NC(=O)NCc1ccccc1. The molecule has 26 heavy (non-hydrogen) atoms. The second kappa shape index (κ2) is 9.35. The van der Waals surface area contributed by atoms with Gasteiger partial charge in [0.15, 0.2) is 0 Å². The maximum Gasteiger partial charge on any atom is 0.321 e. The van der Waals surface area contributed by atoms with Crippen molar-refractivity contribution < 1.29 is 14.0 Å². The first-order valence-electron chi connectivity index (χ1n) is 8.48. The number of rotatable bonds is 7. The Morgan fingerprint density at radius 1 is 1.15 bits per heavy atom. The summed E-state index contributed by atoms with van der Waals surface area (Å²) < 4.78 is 5.52. The average molecular weight is 375 g/mol. The average Bonchev–Trinajstić information content (AvgIpc) is 3.32. The van der Waals surface area contributed by atoms with Gasteiger partial charge in [-0.15, -0.1) is 10.2 Å². The molecule has 8 nitrogen and oxygen atoms in total. The molecular weight excluding hydrogens is 354 g/mol. The fourth-order valence-electron chi connectivity index (χ4n) is 2.60. The van der Waals surface area contributed by atoms with E-state index in [1.54, 1.807) is 0 Å². The van der Waals surface area contributed by atoms with E-state index in [2.05, 4.69) is 25.7 Å². The summed E-state index contributed by atoms with van der Waals surface area (Å²) in [6.07, 6.45) is 2.39. The monoisotopic (exact) mass is 375 g/mol. The number of aromatic nitrogens is 2. The van der Waals surface area contributed by atoms with Gasteiger partial charge in [-0.25, -0.2) is 4.79 Å². The summed E-state index contributed by atoms with van der Waals surface area (Å²) in [4.78, 5) is 25.8. The number of benzene rings is 1. The highest BCUT2D eigenvalue weighted by molar-refractivity contribution is 7.99. The number of nitrogens with one attached hydrogen (secondary N) is 2. The van der Waals surface area contributed by atoms with Crippen LogP contribution in [0.3, 0.4) is 0 Å². The molecule has 138 valence electrons. The Labute approximate surface area is 155 Å². The summed E-state index contributed by atoms with van der Waals surface area (Å²) in [5, 5.41) is 13.2. The van der Waals surface area contributed by atoms with Crippen LogP contribution in [0, 0.1) is 0 Å². The topological polar surface area (TPSA) is 100 Å². The van der Waals surface area contributed by atoms with Crippen LogP contribution in [0.25, 0.3) is 0 Å². The van der Waals surface area contributed by atoms with Gasteiger partial charge in [0.05, 0.1) is 12.3 Å². The number of carbonyl (C=O) groups is 2. The Bertz CT molecular complexity index is 731. The van der Waals surface area contributed by atoms with Gasteiger partial charge in [0, 0.05) is 6.54 Å². The van der Waals surface area contributed by atoms with Crippen LogP contribution in [0.4, 0.5) is 4.79 Å². The Morgan fingerprint density at radius 2 is 1.92 bits per heavy atom. The number of urea groups is 1. The normalized spacial score (nSPS) is 14.3. The van der Waals surface area contributed by atoms with Crippen LogP contribution in [0.15, 0.2) is 40.0 Å². The molecule has 1 aliphatic heterocycles. The maximum absolute atomic E-state index is 11.8. The fourth-order valence-corrected chi connectivity index (χ4v) is 3.19. The molecule has 3 amide bonds. The number of thioether (sulfide) groups is 1. The van der Waals surface area contributed by atoms with Crippen molar-refractivity contribution in [2.24, 2.45) is 0 Å². The van der Waals surface area contributed by atoms with Crippen molar-refractivity contribution in [3.63, 3.8) is 0 Å². The zero-order valence-electron chi connectivity index (χ0n) is 14.3. The molecule has 9 heteroatoms. The van der Waals surface area contributed by atoms with Crippen molar-refractivity contribution in [3.8, 4) is 0 Å². The molecule has 0 atom stereocenters. The van der Waals surface area contributed by atoms with Crippen LogP contribution in [-0.4, -0.2) is 45.9 Å². The largest absolute Gasteiger partial charge is 0.415 e. The lowest BCUT2D eigenvalue weighted by Crippen LogP contribution is -2.39. The van der Waals surface area contributed by atoms with Crippen LogP contribution in [0.5, 0.6) is 0 Å². The Balaban J connectivity index is 1.35. The second-order valence-corrected chi connectivity index (χ2v) is 6.88. The lowest BCUT2D eigenvalue weighted by atomic mass is 10.2. The number of imide groups is 1. The number of likely N-dealkylation sites (tertiary alicyclic amines) is 1. The van der Waals surface area contributed by atoms with E-state index in [1.807, 2.05) is 30.3 Å². The molecule has 0 spiro atoms. The molecule has 1 aromatic heterocycles. The van der Waals surface area contributed by atoms with Gasteiger partial charge in [-0.3, -0.25) is 15.0 Å². The Hall–Kier alpha value is -2.39. The number of nitrogens with zero attached hydrogens (tertiary/aromatic N) is 3. The molecule has 2 heterocycles. The standard InChI is InChI=1S/C17H21N5O3S/c23-14(19-16(24)18-10-13-6-2-1-3-7-13)12-26-17-21-20-15(25-17)11-22-8-4-5-9-22/h1-3,6-7H,4-5,8-12H2,(H2,18,19,23,24). The molecule has 0 bridgehead atoms. The van der Waals surface area contributed by atoms with Crippen molar-refractivity contribution >= 4 is 23.7 Å². The summed E-state index contributed by atoms with van der Waals surface area (Å²) >= 11 is 1.11. The first-order chi connectivity index (χ1) is 12.7. The van der Waals surface area contributed by atoms with Crippen molar-refractivity contribution in [3.05, 3.63) is 41.8 Å². The minimum Gasteiger partial charge on any atom is -0.415 e. The summed E-state index contributed by atoms with van der Waals surface area (Å²) in [6.45, 7) is 3.09. The third kappa shape index (κ3) is 5.85. The van der Waals surface area contributed by atoms with Gasteiger partial charge in [0.1, 0.15) is 0 Å². The lowest BCUT2D eigenvalue weighted by molar-refractivity contribution is -0.117. The predicted molar refractivity (Wildman–Crippen MR) is 96.4 cm³/mol. The van der Waals surface area contributed by atoms with Gasteiger partial charge >= 0.3 is 6.03 Å². The van der Waals surface area contributed by atoms with Crippen molar-refractivity contribution in [2.45, 2.75) is 31.2 Å². The van der Waals surface area contributed by atoms with Crippen LogP contribution in [0.1, 0.15) is 24.3 Å². The second-order valence-electron chi connectivity index (χ2n) is 5.95. The van der Waals surface area contributed by atoms with E-state index in [9.17, 15) is 9.59 Å². The first-order valence-corrected chi connectivity index (χ1v) is 9.47. The third-order valence-corrected chi connectivity index (χ3v) is 4.70. The fraction of sp³-hybridized carbons (Fsp3) is 0.412. The molecule has 2 N–H and O–H groups in total.